The maximum atomic E-state index is 4.55. The Bertz CT molecular complexity index is 862. The number of fused-ring (bicyclic) bond motifs is 6. The van der Waals surface area contributed by atoms with Crippen LogP contribution in [0.1, 0.15) is 9.75 Å². The van der Waals surface area contributed by atoms with Gasteiger partial charge in [0.15, 0.2) is 0 Å². The van der Waals surface area contributed by atoms with Crippen molar-refractivity contribution in [2.75, 3.05) is 0 Å². The Morgan fingerprint density at radius 2 is 1.26 bits per heavy atom. The van der Waals surface area contributed by atoms with Crippen molar-refractivity contribution >= 4 is 43.9 Å². The van der Waals surface area contributed by atoms with Gasteiger partial charge in [-0.25, -0.2) is 0 Å². The maximum Gasteiger partial charge on any atom is 0.0971 e. The molecule has 4 rings (SSSR count). The number of benzene rings is 1. The summed E-state index contributed by atoms with van der Waals surface area (Å²) in [6.07, 6.45) is 3.69. The number of pyridine rings is 2. The van der Waals surface area contributed by atoms with Crippen molar-refractivity contribution in [2.24, 2.45) is 0 Å². The molecule has 3 aromatic heterocycles. The van der Waals surface area contributed by atoms with E-state index in [2.05, 4.69) is 35.9 Å². The zero-order valence-electron chi connectivity index (χ0n) is 10.8. The van der Waals surface area contributed by atoms with E-state index in [1.165, 1.54) is 31.3 Å². The Labute approximate surface area is 114 Å². The van der Waals surface area contributed by atoms with Gasteiger partial charge in [0.2, 0.25) is 0 Å². The highest BCUT2D eigenvalue weighted by Crippen LogP contribution is 2.40. The van der Waals surface area contributed by atoms with Crippen LogP contribution in [-0.4, -0.2) is 9.97 Å². The summed E-state index contributed by atoms with van der Waals surface area (Å²) >= 11 is 1.86. The lowest BCUT2D eigenvalue weighted by Gasteiger charge is -2.06. The molecule has 0 aliphatic carbocycles. The number of hydrogen-bond donors (Lipinski definition) is 0. The molecule has 0 amide bonds. The highest BCUT2D eigenvalue weighted by molar-refractivity contribution is 7.14. The van der Waals surface area contributed by atoms with Gasteiger partial charge >= 0.3 is 0 Å². The molecule has 0 atom stereocenters. The Balaban J connectivity index is 2.49. The fourth-order valence-corrected chi connectivity index (χ4v) is 4.01. The number of aryl methyl sites for hydroxylation is 2. The van der Waals surface area contributed by atoms with Gasteiger partial charge in [-0.15, -0.1) is 11.3 Å². The quantitative estimate of drug-likeness (QED) is 0.433. The summed E-state index contributed by atoms with van der Waals surface area (Å²) in [4.78, 5) is 11.8. The monoisotopic (exact) mass is 264 g/mol. The summed E-state index contributed by atoms with van der Waals surface area (Å²) in [6, 6.07) is 8.31. The molecule has 0 N–H and O–H groups in total. The molecule has 1 aromatic carbocycles. The second-order valence-corrected chi connectivity index (χ2v) is 6.19. The zero-order chi connectivity index (χ0) is 13.0. The summed E-state index contributed by atoms with van der Waals surface area (Å²) < 4.78 is 0. The molecule has 0 aliphatic heterocycles. The van der Waals surface area contributed by atoms with Gasteiger partial charge in [0.05, 0.1) is 11.0 Å². The van der Waals surface area contributed by atoms with Gasteiger partial charge in [0, 0.05) is 43.7 Å². The van der Waals surface area contributed by atoms with Gasteiger partial charge in [-0.1, -0.05) is 12.1 Å². The number of rotatable bonds is 0. The Kier molecular flexibility index (Phi) is 2.15. The molecule has 4 aromatic rings. The summed E-state index contributed by atoms with van der Waals surface area (Å²) in [6.45, 7) is 4.38. The summed E-state index contributed by atoms with van der Waals surface area (Å²) in [7, 11) is 0. The predicted molar refractivity (Wildman–Crippen MR) is 81.9 cm³/mol. The summed E-state index contributed by atoms with van der Waals surface area (Å²) in [5.74, 6) is 0. The minimum absolute atomic E-state index is 1.01. The average molecular weight is 264 g/mol. The first-order valence-electron chi connectivity index (χ1n) is 6.28. The topological polar surface area (TPSA) is 25.8 Å². The fourth-order valence-electron chi connectivity index (χ4n) is 2.92. The van der Waals surface area contributed by atoms with Crippen LogP contribution in [0.4, 0.5) is 0 Å². The van der Waals surface area contributed by atoms with Gasteiger partial charge in [-0.3, -0.25) is 9.97 Å². The molecule has 3 heteroatoms. The maximum absolute atomic E-state index is 4.55. The van der Waals surface area contributed by atoms with Gasteiger partial charge in [0.25, 0.3) is 0 Å². The molecule has 0 spiro atoms. The second kappa shape index (κ2) is 3.75. The molecule has 0 saturated carbocycles. The van der Waals surface area contributed by atoms with Crippen molar-refractivity contribution in [3.63, 3.8) is 0 Å². The number of aromatic nitrogens is 2. The standard InChI is InChI=1S/C16H12N2S/c1-9-13-11-5-3-7-17-15(11)16-12(6-4-8-18-16)14(13)10(2)19-9/h3-8H,1-2H3. The van der Waals surface area contributed by atoms with Crippen LogP contribution in [0, 0.1) is 13.8 Å². The van der Waals surface area contributed by atoms with Crippen LogP contribution in [0.2, 0.25) is 0 Å². The van der Waals surface area contributed by atoms with E-state index in [1.807, 2.05) is 35.9 Å². The van der Waals surface area contributed by atoms with Crippen LogP contribution < -0.4 is 0 Å². The summed E-state index contributed by atoms with van der Waals surface area (Å²) in [5.41, 5.74) is 2.01. The van der Waals surface area contributed by atoms with Crippen LogP contribution >= 0.6 is 11.3 Å². The first-order chi connectivity index (χ1) is 9.27. The van der Waals surface area contributed by atoms with Crippen molar-refractivity contribution in [2.45, 2.75) is 13.8 Å². The molecule has 0 fully saturated rings. The van der Waals surface area contributed by atoms with Crippen molar-refractivity contribution in [1.82, 2.24) is 9.97 Å². The number of thiophene rings is 1. The minimum atomic E-state index is 1.01. The number of nitrogens with zero attached hydrogens (tertiary/aromatic N) is 2. The molecule has 0 saturated heterocycles. The summed E-state index contributed by atoms with van der Waals surface area (Å²) in [5, 5.41) is 5.10. The van der Waals surface area contributed by atoms with Gasteiger partial charge in [0.1, 0.15) is 0 Å². The molecule has 0 radical (unpaired) electrons. The molecule has 0 aliphatic rings. The highest BCUT2D eigenvalue weighted by atomic mass is 32.1. The van der Waals surface area contributed by atoms with E-state index in [-0.39, 0.29) is 0 Å². The van der Waals surface area contributed by atoms with Crippen LogP contribution in [0.15, 0.2) is 36.7 Å². The van der Waals surface area contributed by atoms with E-state index in [9.17, 15) is 0 Å². The predicted octanol–water partition coefficient (Wildman–Crippen LogP) is 4.61. The smallest absolute Gasteiger partial charge is 0.0971 e. The van der Waals surface area contributed by atoms with E-state index in [0.29, 0.717) is 0 Å². The zero-order valence-corrected chi connectivity index (χ0v) is 11.6. The Hall–Kier alpha value is -2.00. The van der Waals surface area contributed by atoms with Gasteiger partial charge < -0.3 is 0 Å². The third kappa shape index (κ3) is 1.36. The molecule has 0 unspecified atom stereocenters. The lowest BCUT2D eigenvalue weighted by Crippen LogP contribution is -1.87. The van der Waals surface area contributed by atoms with Crippen molar-refractivity contribution in [3.05, 3.63) is 46.4 Å². The van der Waals surface area contributed by atoms with Crippen molar-refractivity contribution in [1.29, 1.82) is 0 Å². The van der Waals surface area contributed by atoms with E-state index in [0.717, 1.165) is 11.0 Å². The Morgan fingerprint density at radius 1 is 0.789 bits per heavy atom. The minimum Gasteiger partial charge on any atom is -0.254 e. The normalized spacial score (nSPS) is 11.7. The SMILES string of the molecule is Cc1sc(C)c2c3cccnc3c3ncccc3c12. The van der Waals surface area contributed by atoms with E-state index in [4.69, 9.17) is 0 Å². The largest absolute Gasteiger partial charge is 0.254 e. The van der Waals surface area contributed by atoms with Gasteiger partial charge in [-0.05, 0) is 26.0 Å². The van der Waals surface area contributed by atoms with Crippen molar-refractivity contribution in [3.8, 4) is 0 Å². The third-order valence-electron chi connectivity index (χ3n) is 3.64. The molecular weight excluding hydrogens is 252 g/mol. The molecular formula is C16H12N2S. The first kappa shape index (κ1) is 10.9. The van der Waals surface area contributed by atoms with Crippen LogP contribution in [-0.2, 0) is 0 Å². The first-order valence-corrected chi connectivity index (χ1v) is 7.10. The fraction of sp³-hybridized carbons (Fsp3) is 0.125. The molecule has 2 nitrogen and oxygen atoms in total. The molecule has 92 valence electrons. The van der Waals surface area contributed by atoms with Crippen LogP contribution in [0.5, 0.6) is 0 Å². The molecule has 0 bridgehead atoms. The second-order valence-electron chi connectivity index (χ2n) is 4.76. The third-order valence-corrected chi connectivity index (χ3v) is 4.66. The molecule has 3 heterocycles. The van der Waals surface area contributed by atoms with Gasteiger partial charge in [-0.2, -0.15) is 0 Å². The molecule has 19 heavy (non-hydrogen) atoms. The average Bonchev–Trinajstić information content (AvgIpc) is 2.75. The van der Waals surface area contributed by atoms with Crippen LogP contribution in [0.3, 0.4) is 0 Å². The Morgan fingerprint density at radius 3 is 1.74 bits per heavy atom. The van der Waals surface area contributed by atoms with Crippen LogP contribution in [0.25, 0.3) is 32.6 Å². The van der Waals surface area contributed by atoms with E-state index < -0.39 is 0 Å². The lowest BCUT2D eigenvalue weighted by atomic mass is 10.0. The van der Waals surface area contributed by atoms with Crippen molar-refractivity contribution < 1.29 is 0 Å². The van der Waals surface area contributed by atoms with E-state index >= 15 is 0 Å². The lowest BCUT2D eigenvalue weighted by molar-refractivity contribution is 1.38. The highest BCUT2D eigenvalue weighted by Gasteiger charge is 2.15. The van der Waals surface area contributed by atoms with E-state index in [1.54, 1.807) is 0 Å². The number of hydrogen-bond acceptors (Lipinski definition) is 3.